The van der Waals surface area contributed by atoms with Crippen molar-refractivity contribution in [3.05, 3.63) is 62.5 Å². The number of halogens is 2. The molecule has 4 heteroatoms. The molecule has 0 N–H and O–H groups in total. The Kier molecular flexibility index (Phi) is 6.23. The molecule has 2 nitrogen and oxygen atoms in total. The Hall–Kier alpha value is -1.57. The molecule has 0 atom stereocenters. The molecule has 0 aliphatic heterocycles. The number of allylic oxidation sites excluding steroid dienone is 1. The lowest BCUT2D eigenvalue weighted by Gasteiger charge is -2.09. The van der Waals surface area contributed by atoms with E-state index in [0.29, 0.717) is 12.2 Å². The fraction of sp³-hybridized carbons (Fsp3) is 0.167. The van der Waals surface area contributed by atoms with Gasteiger partial charge >= 0.3 is 0 Å². The minimum atomic E-state index is 0.604. The highest BCUT2D eigenvalue weighted by Crippen LogP contribution is 2.28. The van der Waals surface area contributed by atoms with E-state index in [1.807, 2.05) is 48.5 Å². The summed E-state index contributed by atoms with van der Waals surface area (Å²) in [6.07, 6.45) is 2.80. The van der Waals surface area contributed by atoms with Crippen molar-refractivity contribution in [3.63, 3.8) is 0 Å². The summed E-state index contributed by atoms with van der Waals surface area (Å²) in [6, 6.07) is 15.8. The minimum absolute atomic E-state index is 0.604. The SMILES string of the molecule is CCCOc1ccc(Br)cc1/C=C(\C#N)c1ccc(Br)cc1. The van der Waals surface area contributed by atoms with Crippen LogP contribution in [0.4, 0.5) is 0 Å². The van der Waals surface area contributed by atoms with Crippen LogP contribution in [-0.2, 0) is 0 Å². The van der Waals surface area contributed by atoms with Gasteiger partial charge in [-0.3, -0.25) is 0 Å². The molecule has 0 aliphatic carbocycles. The van der Waals surface area contributed by atoms with Gasteiger partial charge in [-0.05, 0) is 48.4 Å². The van der Waals surface area contributed by atoms with Gasteiger partial charge in [0.15, 0.2) is 0 Å². The highest BCUT2D eigenvalue weighted by molar-refractivity contribution is 9.10. The second-order valence-electron chi connectivity index (χ2n) is 4.71. The van der Waals surface area contributed by atoms with Crippen molar-refractivity contribution in [2.24, 2.45) is 0 Å². The number of benzene rings is 2. The van der Waals surface area contributed by atoms with Crippen molar-refractivity contribution in [2.45, 2.75) is 13.3 Å². The third-order valence-electron chi connectivity index (χ3n) is 3.01. The summed E-state index contributed by atoms with van der Waals surface area (Å²) < 4.78 is 7.70. The highest BCUT2D eigenvalue weighted by atomic mass is 79.9. The Morgan fingerprint density at radius 1 is 1.14 bits per heavy atom. The molecule has 0 spiro atoms. The van der Waals surface area contributed by atoms with Gasteiger partial charge in [-0.25, -0.2) is 0 Å². The maximum atomic E-state index is 9.46. The number of hydrogen-bond donors (Lipinski definition) is 0. The van der Waals surface area contributed by atoms with E-state index in [1.165, 1.54) is 0 Å². The lowest BCUT2D eigenvalue weighted by atomic mass is 10.0. The third-order valence-corrected chi connectivity index (χ3v) is 4.03. The average molecular weight is 421 g/mol. The fourth-order valence-corrected chi connectivity index (χ4v) is 2.58. The van der Waals surface area contributed by atoms with Crippen LogP contribution in [0.2, 0.25) is 0 Å². The van der Waals surface area contributed by atoms with Crippen LogP contribution in [0, 0.1) is 11.3 Å². The molecule has 0 amide bonds. The van der Waals surface area contributed by atoms with Gasteiger partial charge in [-0.2, -0.15) is 5.26 Å². The standard InChI is InChI=1S/C18H15Br2NO/c1-2-9-22-18-8-7-17(20)11-14(18)10-15(12-21)13-3-5-16(19)6-4-13/h3-8,10-11H,2,9H2,1H3/b15-10+. The molecule has 0 unspecified atom stereocenters. The van der Waals surface area contributed by atoms with Crippen molar-refractivity contribution in [2.75, 3.05) is 6.61 Å². The Balaban J connectivity index is 2.42. The molecular weight excluding hydrogens is 406 g/mol. The Morgan fingerprint density at radius 2 is 1.82 bits per heavy atom. The summed E-state index contributed by atoms with van der Waals surface area (Å²) in [7, 11) is 0. The maximum absolute atomic E-state index is 9.46. The van der Waals surface area contributed by atoms with Crippen LogP contribution in [-0.4, -0.2) is 6.61 Å². The van der Waals surface area contributed by atoms with Gasteiger partial charge in [0.25, 0.3) is 0 Å². The van der Waals surface area contributed by atoms with Crippen LogP contribution in [0.3, 0.4) is 0 Å². The number of rotatable bonds is 5. The molecule has 2 aromatic rings. The molecule has 0 saturated heterocycles. The second kappa shape index (κ2) is 8.17. The van der Waals surface area contributed by atoms with Crippen LogP contribution in [0.25, 0.3) is 11.6 Å². The number of nitrogens with zero attached hydrogens (tertiary/aromatic N) is 1. The normalized spacial score (nSPS) is 11.1. The Morgan fingerprint density at radius 3 is 2.45 bits per heavy atom. The molecule has 0 bridgehead atoms. The summed E-state index contributed by atoms with van der Waals surface area (Å²) in [4.78, 5) is 0. The van der Waals surface area contributed by atoms with E-state index >= 15 is 0 Å². The van der Waals surface area contributed by atoms with E-state index in [-0.39, 0.29) is 0 Å². The van der Waals surface area contributed by atoms with E-state index in [4.69, 9.17) is 4.74 Å². The van der Waals surface area contributed by atoms with Crippen molar-refractivity contribution >= 4 is 43.5 Å². The number of ether oxygens (including phenoxy) is 1. The summed E-state index contributed by atoms with van der Waals surface area (Å²) >= 11 is 6.87. The molecule has 0 fully saturated rings. The minimum Gasteiger partial charge on any atom is -0.493 e. The first-order valence-corrected chi connectivity index (χ1v) is 8.52. The van der Waals surface area contributed by atoms with E-state index in [2.05, 4.69) is 44.9 Å². The van der Waals surface area contributed by atoms with Crippen LogP contribution in [0.5, 0.6) is 5.75 Å². The topological polar surface area (TPSA) is 33.0 Å². The van der Waals surface area contributed by atoms with Crippen molar-refractivity contribution in [1.29, 1.82) is 5.26 Å². The van der Waals surface area contributed by atoms with E-state index in [1.54, 1.807) is 0 Å². The lowest BCUT2D eigenvalue weighted by Crippen LogP contribution is -1.97. The molecule has 0 aromatic heterocycles. The third kappa shape index (κ3) is 4.46. The van der Waals surface area contributed by atoms with Crippen LogP contribution >= 0.6 is 31.9 Å². The summed E-state index contributed by atoms with van der Waals surface area (Å²) in [5, 5.41) is 9.46. The second-order valence-corrected chi connectivity index (χ2v) is 6.54. The largest absolute Gasteiger partial charge is 0.493 e. The fourth-order valence-electron chi connectivity index (χ4n) is 1.94. The van der Waals surface area contributed by atoms with Gasteiger partial charge in [-0.1, -0.05) is 50.9 Å². The molecule has 0 aliphatic rings. The predicted octanol–water partition coefficient (Wildman–Crippen LogP) is 6.06. The van der Waals surface area contributed by atoms with Crippen LogP contribution in [0.15, 0.2) is 51.4 Å². The number of nitriles is 1. The first-order chi connectivity index (χ1) is 10.6. The Labute approximate surface area is 147 Å². The van der Waals surface area contributed by atoms with E-state index in [9.17, 15) is 5.26 Å². The van der Waals surface area contributed by atoms with Gasteiger partial charge in [0.1, 0.15) is 5.75 Å². The van der Waals surface area contributed by atoms with Gasteiger partial charge < -0.3 is 4.74 Å². The first kappa shape index (κ1) is 16.8. The molecule has 22 heavy (non-hydrogen) atoms. The predicted molar refractivity (Wildman–Crippen MR) is 97.6 cm³/mol. The van der Waals surface area contributed by atoms with Crippen molar-refractivity contribution in [1.82, 2.24) is 0 Å². The van der Waals surface area contributed by atoms with E-state index in [0.717, 1.165) is 32.2 Å². The lowest BCUT2D eigenvalue weighted by molar-refractivity contribution is 0.317. The smallest absolute Gasteiger partial charge is 0.126 e. The van der Waals surface area contributed by atoms with E-state index < -0.39 is 0 Å². The molecule has 0 radical (unpaired) electrons. The molecule has 0 saturated carbocycles. The van der Waals surface area contributed by atoms with Crippen LogP contribution in [0.1, 0.15) is 24.5 Å². The highest BCUT2D eigenvalue weighted by Gasteiger charge is 2.06. The van der Waals surface area contributed by atoms with Gasteiger partial charge in [-0.15, -0.1) is 0 Å². The molecular formula is C18H15Br2NO. The van der Waals surface area contributed by atoms with Crippen molar-refractivity contribution < 1.29 is 4.74 Å². The van der Waals surface area contributed by atoms with Gasteiger partial charge in [0, 0.05) is 14.5 Å². The molecule has 2 rings (SSSR count). The van der Waals surface area contributed by atoms with Crippen molar-refractivity contribution in [3.8, 4) is 11.8 Å². The Bertz CT molecular complexity index is 715. The first-order valence-electron chi connectivity index (χ1n) is 6.94. The zero-order valence-electron chi connectivity index (χ0n) is 12.1. The molecule has 0 heterocycles. The summed E-state index contributed by atoms with van der Waals surface area (Å²) in [6.45, 7) is 2.72. The van der Waals surface area contributed by atoms with Gasteiger partial charge in [0.05, 0.1) is 18.2 Å². The summed E-state index contributed by atoms with van der Waals surface area (Å²) in [5.74, 6) is 0.787. The quantitative estimate of drug-likeness (QED) is 0.434. The summed E-state index contributed by atoms with van der Waals surface area (Å²) in [5.41, 5.74) is 2.38. The zero-order valence-corrected chi connectivity index (χ0v) is 15.3. The average Bonchev–Trinajstić information content (AvgIpc) is 2.53. The van der Waals surface area contributed by atoms with Gasteiger partial charge in [0.2, 0.25) is 0 Å². The maximum Gasteiger partial charge on any atom is 0.126 e. The zero-order chi connectivity index (χ0) is 15.9. The monoisotopic (exact) mass is 419 g/mol. The molecule has 112 valence electrons. The van der Waals surface area contributed by atoms with Crippen LogP contribution < -0.4 is 4.74 Å². The molecule has 2 aromatic carbocycles. The number of hydrogen-bond acceptors (Lipinski definition) is 2.